The van der Waals surface area contributed by atoms with Gasteiger partial charge in [-0.05, 0) is 68.0 Å². The Hall–Kier alpha value is -2.37. The molecule has 0 bridgehead atoms. The average molecular weight is 395 g/mol. The van der Waals surface area contributed by atoms with E-state index in [4.69, 9.17) is 4.74 Å². The van der Waals surface area contributed by atoms with Gasteiger partial charge in [-0.25, -0.2) is 0 Å². The van der Waals surface area contributed by atoms with E-state index in [2.05, 4.69) is 41.4 Å². The van der Waals surface area contributed by atoms with Crippen LogP contribution in [0.2, 0.25) is 0 Å². The highest BCUT2D eigenvalue weighted by Gasteiger charge is 2.23. The summed E-state index contributed by atoms with van der Waals surface area (Å²) in [5.41, 5.74) is 4.80. The number of likely N-dealkylation sites (tertiary alicyclic amines) is 1. The van der Waals surface area contributed by atoms with Crippen LogP contribution in [0.15, 0.2) is 42.5 Å². The van der Waals surface area contributed by atoms with E-state index in [9.17, 15) is 9.90 Å². The number of nitrogens with one attached hydrogen (secondary N) is 1. The minimum Gasteiger partial charge on any atom is -0.491 e. The van der Waals surface area contributed by atoms with Gasteiger partial charge in [0.15, 0.2) is 0 Å². The quantitative estimate of drug-likeness (QED) is 0.787. The summed E-state index contributed by atoms with van der Waals surface area (Å²) in [6.45, 7) is 5.07. The first-order chi connectivity index (χ1) is 14.1. The van der Waals surface area contributed by atoms with Crippen molar-refractivity contribution >= 4 is 11.6 Å². The molecule has 2 aromatic carbocycles. The van der Waals surface area contributed by atoms with Gasteiger partial charge in [0.1, 0.15) is 18.5 Å². The van der Waals surface area contributed by atoms with Crippen molar-refractivity contribution in [2.75, 3.05) is 31.6 Å². The molecule has 0 aliphatic carbocycles. The Morgan fingerprint density at radius 2 is 1.97 bits per heavy atom. The Balaban J connectivity index is 1.24. The molecule has 0 saturated carbocycles. The zero-order valence-corrected chi connectivity index (χ0v) is 17.1. The Morgan fingerprint density at radius 3 is 2.76 bits per heavy atom. The van der Waals surface area contributed by atoms with Crippen LogP contribution in [-0.2, 0) is 11.2 Å². The van der Waals surface area contributed by atoms with Gasteiger partial charge in [-0.3, -0.25) is 4.79 Å². The third kappa shape index (κ3) is 4.98. The summed E-state index contributed by atoms with van der Waals surface area (Å²) in [7, 11) is 0. The molecule has 154 valence electrons. The largest absolute Gasteiger partial charge is 0.491 e. The van der Waals surface area contributed by atoms with E-state index in [-0.39, 0.29) is 12.5 Å². The molecule has 0 spiro atoms. The number of aryl methyl sites for hydroxylation is 2. The minimum atomic E-state index is -0.532. The van der Waals surface area contributed by atoms with Crippen molar-refractivity contribution < 1.29 is 14.6 Å². The van der Waals surface area contributed by atoms with Crippen molar-refractivity contribution in [1.29, 1.82) is 0 Å². The molecular formula is C24H30N2O3. The maximum absolute atomic E-state index is 11.6. The zero-order chi connectivity index (χ0) is 20.2. The lowest BCUT2D eigenvalue weighted by molar-refractivity contribution is -0.116. The van der Waals surface area contributed by atoms with Gasteiger partial charge in [0.2, 0.25) is 5.91 Å². The summed E-state index contributed by atoms with van der Waals surface area (Å²) >= 11 is 0. The number of β-amino-alcohol motifs (C(OH)–C–C–N with tert-alkyl or cyclic N) is 1. The summed E-state index contributed by atoms with van der Waals surface area (Å²) in [5.74, 6) is 1.35. The van der Waals surface area contributed by atoms with Crippen LogP contribution < -0.4 is 10.1 Å². The van der Waals surface area contributed by atoms with Gasteiger partial charge in [-0.2, -0.15) is 0 Å². The summed E-state index contributed by atoms with van der Waals surface area (Å²) < 4.78 is 5.79. The Labute approximate surface area is 172 Å². The van der Waals surface area contributed by atoms with Gasteiger partial charge < -0.3 is 20.1 Å². The molecule has 2 aliphatic rings. The van der Waals surface area contributed by atoms with Gasteiger partial charge in [0.05, 0.1) is 0 Å². The van der Waals surface area contributed by atoms with Crippen molar-refractivity contribution in [2.45, 2.75) is 44.6 Å². The van der Waals surface area contributed by atoms with Gasteiger partial charge in [0.25, 0.3) is 0 Å². The van der Waals surface area contributed by atoms with Crippen LogP contribution in [0.3, 0.4) is 0 Å². The Morgan fingerprint density at radius 1 is 1.17 bits per heavy atom. The number of carbonyl (C=O) groups is 1. The van der Waals surface area contributed by atoms with E-state index in [0.717, 1.165) is 43.6 Å². The number of benzene rings is 2. The van der Waals surface area contributed by atoms with Crippen molar-refractivity contribution in [3.8, 4) is 5.75 Å². The van der Waals surface area contributed by atoms with Crippen molar-refractivity contribution in [1.82, 2.24) is 4.90 Å². The van der Waals surface area contributed by atoms with Crippen molar-refractivity contribution in [2.24, 2.45) is 0 Å². The summed E-state index contributed by atoms with van der Waals surface area (Å²) in [6, 6.07) is 14.4. The van der Waals surface area contributed by atoms with Crippen LogP contribution >= 0.6 is 0 Å². The molecule has 2 heterocycles. The second kappa shape index (κ2) is 8.97. The summed E-state index contributed by atoms with van der Waals surface area (Å²) in [5, 5.41) is 13.3. The molecule has 4 rings (SSSR count). The number of rotatable bonds is 6. The Kier molecular flexibility index (Phi) is 6.16. The monoisotopic (exact) mass is 394 g/mol. The molecular weight excluding hydrogens is 364 g/mol. The summed E-state index contributed by atoms with van der Waals surface area (Å²) in [4.78, 5) is 13.9. The summed E-state index contributed by atoms with van der Waals surface area (Å²) in [6.07, 6.45) is 3.02. The van der Waals surface area contributed by atoms with Crippen LogP contribution in [0.4, 0.5) is 5.69 Å². The number of aliphatic hydroxyl groups is 1. The predicted octanol–water partition coefficient (Wildman–Crippen LogP) is 3.50. The molecule has 5 heteroatoms. The minimum absolute atomic E-state index is 0.0452. The molecule has 1 fully saturated rings. The molecule has 1 saturated heterocycles. The van der Waals surface area contributed by atoms with Crippen molar-refractivity contribution in [3.05, 3.63) is 59.2 Å². The number of piperidine rings is 1. The second-order valence-electron chi connectivity index (χ2n) is 8.26. The molecule has 1 atom stereocenters. The van der Waals surface area contributed by atoms with E-state index in [0.29, 0.717) is 24.6 Å². The zero-order valence-electron chi connectivity index (χ0n) is 17.1. The maximum Gasteiger partial charge on any atom is 0.224 e. The lowest BCUT2D eigenvalue weighted by Gasteiger charge is -2.33. The lowest BCUT2D eigenvalue weighted by atomic mass is 9.87. The average Bonchev–Trinajstić information content (AvgIpc) is 2.73. The van der Waals surface area contributed by atoms with E-state index in [1.807, 2.05) is 18.2 Å². The second-order valence-corrected chi connectivity index (χ2v) is 8.26. The fourth-order valence-corrected chi connectivity index (χ4v) is 4.46. The molecule has 0 radical (unpaired) electrons. The van der Waals surface area contributed by atoms with E-state index >= 15 is 0 Å². The van der Waals surface area contributed by atoms with Crippen LogP contribution in [0.5, 0.6) is 5.75 Å². The van der Waals surface area contributed by atoms with Crippen LogP contribution in [0.25, 0.3) is 0 Å². The first-order valence-corrected chi connectivity index (χ1v) is 10.6. The predicted molar refractivity (Wildman–Crippen MR) is 114 cm³/mol. The molecule has 1 amide bonds. The fraction of sp³-hybridized carbons (Fsp3) is 0.458. The molecule has 2 aliphatic heterocycles. The number of fused-ring (bicyclic) bond motifs is 1. The molecule has 5 nitrogen and oxygen atoms in total. The molecule has 2 N–H and O–H groups in total. The SMILES string of the molecule is Cc1ccccc1C1CCN(CC(O)COc2ccc3c(c2)NC(=O)CC3)CC1. The number of aliphatic hydroxyl groups excluding tert-OH is 1. The molecule has 1 unspecified atom stereocenters. The number of hydrogen-bond acceptors (Lipinski definition) is 4. The maximum atomic E-state index is 11.6. The smallest absolute Gasteiger partial charge is 0.224 e. The van der Waals surface area contributed by atoms with Gasteiger partial charge >= 0.3 is 0 Å². The lowest BCUT2D eigenvalue weighted by Crippen LogP contribution is -2.40. The highest BCUT2D eigenvalue weighted by atomic mass is 16.5. The van der Waals surface area contributed by atoms with Gasteiger partial charge in [-0.15, -0.1) is 0 Å². The van der Waals surface area contributed by atoms with Crippen LogP contribution in [0.1, 0.15) is 41.9 Å². The Bertz CT molecular complexity index is 859. The van der Waals surface area contributed by atoms with Crippen molar-refractivity contribution in [3.63, 3.8) is 0 Å². The number of nitrogens with zero attached hydrogens (tertiary/aromatic N) is 1. The number of carbonyl (C=O) groups excluding carboxylic acids is 1. The fourth-order valence-electron chi connectivity index (χ4n) is 4.46. The van der Waals surface area contributed by atoms with E-state index in [1.165, 1.54) is 11.1 Å². The first kappa shape index (κ1) is 19.9. The highest BCUT2D eigenvalue weighted by Crippen LogP contribution is 2.30. The number of anilines is 1. The number of amides is 1. The van der Waals surface area contributed by atoms with E-state index < -0.39 is 6.10 Å². The highest BCUT2D eigenvalue weighted by molar-refractivity contribution is 5.94. The normalized spacial score (nSPS) is 18.8. The van der Waals surface area contributed by atoms with E-state index in [1.54, 1.807) is 0 Å². The van der Waals surface area contributed by atoms with Crippen LogP contribution in [0, 0.1) is 6.92 Å². The third-order valence-electron chi connectivity index (χ3n) is 6.10. The number of ether oxygens (including phenoxy) is 1. The molecule has 0 aromatic heterocycles. The van der Waals surface area contributed by atoms with Gasteiger partial charge in [0, 0.05) is 24.7 Å². The van der Waals surface area contributed by atoms with Crippen LogP contribution in [-0.4, -0.2) is 48.3 Å². The standard InChI is InChI=1S/C24H30N2O3/c1-17-4-2-3-5-22(17)18-10-12-26(13-11-18)15-20(27)16-29-21-8-6-19-7-9-24(28)25-23(19)14-21/h2-6,8,14,18,20,27H,7,9-13,15-16H2,1H3,(H,25,28). The molecule has 29 heavy (non-hydrogen) atoms. The third-order valence-corrected chi connectivity index (χ3v) is 6.10. The molecule has 2 aromatic rings. The number of hydrogen-bond donors (Lipinski definition) is 2. The van der Waals surface area contributed by atoms with Gasteiger partial charge in [-0.1, -0.05) is 30.3 Å². The topological polar surface area (TPSA) is 61.8 Å². The first-order valence-electron chi connectivity index (χ1n) is 10.6.